The number of hydrogen-bond donors (Lipinski definition) is 2. The van der Waals surface area contributed by atoms with E-state index in [1.54, 1.807) is 10.6 Å². The maximum absolute atomic E-state index is 11.5. The maximum atomic E-state index is 11.5. The highest BCUT2D eigenvalue weighted by Crippen LogP contribution is 2.04. The Hall–Kier alpha value is -1.91. The van der Waals surface area contributed by atoms with Crippen molar-refractivity contribution in [2.24, 2.45) is 7.05 Å². The van der Waals surface area contributed by atoms with Gasteiger partial charge in [-0.3, -0.25) is 9.78 Å². The third kappa shape index (κ3) is 1.22. The number of nitrogen functional groups attached to an aromatic ring is 1. The Balaban J connectivity index is 3.02. The van der Waals surface area contributed by atoms with Gasteiger partial charge in [-0.2, -0.15) is 0 Å². The van der Waals surface area contributed by atoms with Gasteiger partial charge in [0, 0.05) is 0 Å². The number of hydrogen-bond acceptors (Lipinski definition) is 3. The number of rotatable bonds is 0. The van der Waals surface area contributed by atoms with Gasteiger partial charge in [-0.1, -0.05) is 0 Å². The highest BCUT2D eigenvalue weighted by Gasteiger charge is 2.12. The molecule has 3 N–H and O–H groups in total. The van der Waals surface area contributed by atoms with Crippen molar-refractivity contribution in [3.05, 3.63) is 28.2 Å². The summed E-state index contributed by atoms with van der Waals surface area (Å²) in [6.07, 6.45) is 1.90. The first-order valence-corrected chi connectivity index (χ1v) is 4.24. The fourth-order valence-corrected chi connectivity index (χ4v) is 1.52. The van der Waals surface area contributed by atoms with Crippen LogP contribution in [0.5, 0.6) is 0 Å². The van der Waals surface area contributed by atoms with Crippen molar-refractivity contribution in [2.45, 2.75) is 6.92 Å². The Bertz CT molecular complexity index is 558. The number of aromatic nitrogens is 3. The predicted molar refractivity (Wildman–Crippen MR) is 52.7 cm³/mol. The van der Waals surface area contributed by atoms with Gasteiger partial charge in [0.15, 0.2) is 0 Å². The Labute approximate surface area is 80.2 Å². The molecule has 14 heavy (non-hydrogen) atoms. The predicted octanol–water partition coefficient (Wildman–Crippen LogP) is -0.362. The first kappa shape index (κ1) is 8.68. The van der Waals surface area contributed by atoms with E-state index in [2.05, 4.69) is 9.97 Å². The van der Waals surface area contributed by atoms with Gasteiger partial charge in [0.1, 0.15) is 5.39 Å². The van der Waals surface area contributed by atoms with Crippen molar-refractivity contribution >= 4 is 17.0 Å². The minimum absolute atomic E-state index is 0.141. The Morgan fingerprint density at radius 3 is 3.00 bits per heavy atom. The number of aromatic amines is 1. The Kier molecular flexibility index (Phi) is 1.73. The summed E-state index contributed by atoms with van der Waals surface area (Å²) < 4.78 is 1.79. The van der Waals surface area contributed by atoms with Crippen LogP contribution in [0.4, 0.5) is 5.95 Å². The van der Waals surface area contributed by atoms with Crippen molar-refractivity contribution in [3.63, 3.8) is 0 Å². The van der Waals surface area contributed by atoms with Crippen LogP contribution in [0.15, 0.2) is 17.1 Å². The fraction of sp³-hybridized carbons (Fsp3) is 0.222. The summed E-state index contributed by atoms with van der Waals surface area (Å²) in [6.45, 7) is 1.93. The number of H-pyrrole nitrogens is 1. The average Bonchev–Trinajstić information content (AvgIpc) is 2.07. The van der Waals surface area contributed by atoms with Crippen LogP contribution >= 0.6 is 0 Å². The molecule has 0 aromatic carbocycles. The summed E-state index contributed by atoms with van der Waals surface area (Å²) in [4.78, 5) is 18.0. The third-order valence-electron chi connectivity index (χ3n) is 2.06. The number of aryl methyl sites for hydroxylation is 2. The maximum Gasteiger partial charge on any atom is 0.340 e. The van der Waals surface area contributed by atoms with Crippen molar-refractivity contribution < 1.29 is 4.57 Å². The molecule has 0 saturated heterocycles. The zero-order valence-corrected chi connectivity index (χ0v) is 8.03. The number of fused-ring (bicyclic) bond motifs is 1. The normalized spacial score (nSPS) is 10.7. The summed E-state index contributed by atoms with van der Waals surface area (Å²) in [5.41, 5.74) is 6.86. The quantitative estimate of drug-likeness (QED) is 0.558. The molecule has 0 saturated carbocycles. The molecule has 0 unspecified atom stereocenters. The van der Waals surface area contributed by atoms with E-state index in [0.717, 1.165) is 5.56 Å². The fourth-order valence-electron chi connectivity index (χ4n) is 1.52. The third-order valence-corrected chi connectivity index (χ3v) is 2.06. The number of anilines is 1. The molecule has 2 rings (SSSR count). The SMILES string of the molecule is Cc1cc2c(=O)[nH]c(N)nc2[n+](C)c1. The number of nitrogens with two attached hydrogens (primary N) is 1. The molecule has 0 aliphatic carbocycles. The van der Waals surface area contributed by atoms with Crippen LogP contribution in [-0.4, -0.2) is 9.97 Å². The van der Waals surface area contributed by atoms with Crippen LogP contribution in [0, 0.1) is 6.92 Å². The van der Waals surface area contributed by atoms with Crippen LogP contribution < -0.4 is 15.9 Å². The van der Waals surface area contributed by atoms with Crippen molar-refractivity contribution in [2.75, 3.05) is 5.73 Å². The molecule has 0 spiro atoms. The van der Waals surface area contributed by atoms with Gasteiger partial charge >= 0.3 is 11.6 Å². The molecule has 0 amide bonds. The first-order chi connectivity index (χ1) is 6.58. The van der Waals surface area contributed by atoms with Crippen LogP contribution in [0.1, 0.15) is 5.56 Å². The molecule has 0 radical (unpaired) electrons. The molecule has 2 heterocycles. The largest absolute Gasteiger partial charge is 0.348 e. The lowest BCUT2D eigenvalue weighted by atomic mass is 10.2. The monoisotopic (exact) mass is 191 g/mol. The van der Waals surface area contributed by atoms with Gasteiger partial charge in [-0.05, 0) is 23.5 Å². The summed E-state index contributed by atoms with van der Waals surface area (Å²) in [7, 11) is 1.83. The minimum atomic E-state index is -0.202. The molecule has 0 aliphatic rings. The molecule has 2 aromatic rings. The van der Waals surface area contributed by atoms with Crippen molar-refractivity contribution in [3.8, 4) is 0 Å². The Morgan fingerprint density at radius 2 is 2.29 bits per heavy atom. The molecular weight excluding hydrogens is 180 g/mol. The zero-order valence-electron chi connectivity index (χ0n) is 8.03. The molecule has 0 fully saturated rings. The molecule has 5 heteroatoms. The zero-order chi connectivity index (χ0) is 10.3. The smallest absolute Gasteiger partial charge is 0.340 e. The summed E-state index contributed by atoms with van der Waals surface area (Å²) in [6, 6.07) is 1.79. The van der Waals surface area contributed by atoms with Gasteiger partial charge in [-0.15, -0.1) is 0 Å². The minimum Gasteiger partial charge on any atom is -0.348 e. The van der Waals surface area contributed by atoms with Gasteiger partial charge in [0.05, 0.1) is 13.2 Å². The summed E-state index contributed by atoms with van der Waals surface area (Å²) >= 11 is 0. The number of nitrogens with zero attached hydrogens (tertiary/aromatic N) is 2. The van der Waals surface area contributed by atoms with Crippen molar-refractivity contribution in [1.29, 1.82) is 0 Å². The molecule has 0 aliphatic heterocycles. The van der Waals surface area contributed by atoms with E-state index in [1.807, 2.05) is 20.2 Å². The number of pyridine rings is 1. The van der Waals surface area contributed by atoms with Crippen LogP contribution in [-0.2, 0) is 7.05 Å². The van der Waals surface area contributed by atoms with Crippen LogP contribution in [0.25, 0.3) is 11.0 Å². The Morgan fingerprint density at radius 1 is 1.57 bits per heavy atom. The van der Waals surface area contributed by atoms with Crippen LogP contribution in [0.2, 0.25) is 0 Å². The van der Waals surface area contributed by atoms with Gasteiger partial charge in [0.2, 0.25) is 0 Å². The number of nitrogens with one attached hydrogen (secondary N) is 1. The molecular formula is C9H11N4O+. The molecule has 0 atom stereocenters. The van der Waals surface area contributed by atoms with E-state index in [1.165, 1.54) is 0 Å². The summed E-state index contributed by atoms with van der Waals surface area (Å²) in [5.74, 6) is 0.141. The lowest BCUT2D eigenvalue weighted by Crippen LogP contribution is -2.32. The summed E-state index contributed by atoms with van der Waals surface area (Å²) in [5, 5.41) is 0.557. The van der Waals surface area contributed by atoms with Crippen molar-refractivity contribution in [1.82, 2.24) is 9.97 Å². The topological polar surface area (TPSA) is 75.6 Å². The second-order valence-corrected chi connectivity index (χ2v) is 3.32. The van der Waals surface area contributed by atoms with E-state index in [0.29, 0.717) is 11.0 Å². The lowest BCUT2D eigenvalue weighted by Gasteiger charge is -1.97. The van der Waals surface area contributed by atoms with E-state index in [9.17, 15) is 4.79 Å². The van der Waals surface area contributed by atoms with E-state index < -0.39 is 0 Å². The van der Waals surface area contributed by atoms with E-state index in [-0.39, 0.29) is 11.5 Å². The molecule has 72 valence electrons. The van der Waals surface area contributed by atoms with Gasteiger partial charge in [-0.25, -0.2) is 4.57 Å². The highest BCUT2D eigenvalue weighted by molar-refractivity contribution is 5.71. The second-order valence-electron chi connectivity index (χ2n) is 3.32. The van der Waals surface area contributed by atoms with Crippen LogP contribution in [0.3, 0.4) is 0 Å². The van der Waals surface area contributed by atoms with Gasteiger partial charge < -0.3 is 5.73 Å². The molecule has 0 bridgehead atoms. The standard InChI is InChI=1S/C9H10N4O/c1-5-3-6-7(13(2)4-5)11-9(10)12-8(6)14/h3-4H,1-2H3,(H2,10,12,14)/p+1. The van der Waals surface area contributed by atoms with E-state index in [4.69, 9.17) is 5.73 Å². The van der Waals surface area contributed by atoms with Gasteiger partial charge in [0.25, 0.3) is 5.56 Å². The molecule has 2 aromatic heterocycles. The van der Waals surface area contributed by atoms with E-state index >= 15 is 0 Å². The molecule has 5 nitrogen and oxygen atoms in total. The first-order valence-electron chi connectivity index (χ1n) is 4.24. The average molecular weight is 191 g/mol. The highest BCUT2D eigenvalue weighted by atomic mass is 16.1. The lowest BCUT2D eigenvalue weighted by molar-refractivity contribution is -0.647. The second kappa shape index (κ2) is 2.80.